The van der Waals surface area contributed by atoms with Crippen molar-refractivity contribution < 1.29 is 14.3 Å². The Morgan fingerprint density at radius 1 is 1.41 bits per heavy atom. The molecule has 0 atom stereocenters. The van der Waals surface area contributed by atoms with Gasteiger partial charge in [0.05, 0.1) is 10.4 Å². The van der Waals surface area contributed by atoms with Crippen molar-refractivity contribution in [1.29, 1.82) is 0 Å². The summed E-state index contributed by atoms with van der Waals surface area (Å²) >= 11 is 1.33. The molecule has 0 radical (unpaired) electrons. The number of rotatable bonds is 2. The lowest BCUT2D eigenvalue weighted by atomic mass is 10.1. The molecule has 0 saturated carbocycles. The Kier molecular flexibility index (Phi) is 2.26. The number of nitrogens with zero attached hydrogens (tertiary/aromatic N) is 1. The summed E-state index contributed by atoms with van der Waals surface area (Å²) < 4.78 is 4.93. The minimum absolute atomic E-state index is 0.278. The number of benzene rings is 1. The number of cyclic esters (lactones) is 1. The highest BCUT2D eigenvalue weighted by molar-refractivity contribution is 7.16. The number of carbonyl (C=O) groups excluding carboxylic acids is 2. The van der Waals surface area contributed by atoms with Crippen molar-refractivity contribution in [3.8, 4) is 10.6 Å². The SMILES string of the molecule is O=Cc1cnc(-c2ccc3c(c2)COC3=O)s1. The van der Waals surface area contributed by atoms with Gasteiger partial charge in [0, 0.05) is 17.3 Å². The minimum Gasteiger partial charge on any atom is -0.457 e. The van der Waals surface area contributed by atoms with Crippen LogP contribution in [0.5, 0.6) is 0 Å². The Hall–Kier alpha value is -2.01. The topological polar surface area (TPSA) is 56.3 Å². The van der Waals surface area contributed by atoms with Crippen molar-refractivity contribution in [2.24, 2.45) is 0 Å². The lowest BCUT2D eigenvalue weighted by Gasteiger charge is -1.98. The number of esters is 1. The van der Waals surface area contributed by atoms with E-state index in [1.54, 1.807) is 12.3 Å². The monoisotopic (exact) mass is 245 g/mol. The zero-order valence-corrected chi connectivity index (χ0v) is 9.49. The summed E-state index contributed by atoms with van der Waals surface area (Å²) in [6.45, 7) is 0.313. The molecule has 3 rings (SSSR count). The summed E-state index contributed by atoms with van der Waals surface area (Å²) in [7, 11) is 0. The zero-order chi connectivity index (χ0) is 11.8. The third-order valence-electron chi connectivity index (χ3n) is 2.57. The highest BCUT2D eigenvalue weighted by Gasteiger charge is 2.21. The minimum atomic E-state index is -0.278. The molecule has 0 N–H and O–H groups in total. The fourth-order valence-corrected chi connectivity index (χ4v) is 2.47. The first-order valence-electron chi connectivity index (χ1n) is 4.99. The predicted octanol–water partition coefficient (Wildman–Crippen LogP) is 2.29. The maximum absolute atomic E-state index is 11.3. The van der Waals surface area contributed by atoms with E-state index in [2.05, 4.69) is 4.98 Å². The zero-order valence-electron chi connectivity index (χ0n) is 8.67. The number of thiazole rings is 1. The van der Waals surface area contributed by atoms with E-state index in [0.717, 1.165) is 22.4 Å². The lowest BCUT2D eigenvalue weighted by Crippen LogP contribution is -1.92. The van der Waals surface area contributed by atoms with Crippen LogP contribution in [0.3, 0.4) is 0 Å². The Morgan fingerprint density at radius 3 is 3.06 bits per heavy atom. The number of aldehydes is 1. The van der Waals surface area contributed by atoms with E-state index in [4.69, 9.17) is 4.74 Å². The number of hydrogen-bond acceptors (Lipinski definition) is 5. The van der Waals surface area contributed by atoms with Crippen molar-refractivity contribution in [3.63, 3.8) is 0 Å². The maximum Gasteiger partial charge on any atom is 0.338 e. The van der Waals surface area contributed by atoms with Crippen LogP contribution in [-0.2, 0) is 11.3 Å². The lowest BCUT2D eigenvalue weighted by molar-refractivity contribution is 0.0535. The van der Waals surface area contributed by atoms with E-state index in [1.165, 1.54) is 11.3 Å². The summed E-state index contributed by atoms with van der Waals surface area (Å²) in [5.41, 5.74) is 2.39. The van der Waals surface area contributed by atoms with Gasteiger partial charge >= 0.3 is 5.97 Å². The first-order valence-corrected chi connectivity index (χ1v) is 5.81. The number of aromatic nitrogens is 1. The van der Waals surface area contributed by atoms with Crippen LogP contribution in [0, 0.1) is 0 Å². The van der Waals surface area contributed by atoms with Gasteiger partial charge in [-0.3, -0.25) is 4.79 Å². The van der Waals surface area contributed by atoms with Gasteiger partial charge in [0.2, 0.25) is 0 Å². The summed E-state index contributed by atoms with van der Waals surface area (Å²) in [4.78, 5) is 26.6. The van der Waals surface area contributed by atoms with Crippen LogP contribution in [0.25, 0.3) is 10.6 Å². The molecule has 0 unspecified atom stereocenters. The molecule has 17 heavy (non-hydrogen) atoms. The van der Waals surface area contributed by atoms with Crippen LogP contribution in [0.15, 0.2) is 24.4 Å². The molecule has 0 amide bonds. The van der Waals surface area contributed by atoms with E-state index in [9.17, 15) is 9.59 Å². The highest BCUT2D eigenvalue weighted by atomic mass is 32.1. The van der Waals surface area contributed by atoms with Gasteiger partial charge in [-0.25, -0.2) is 9.78 Å². The van der Waals surface area contributed by atoms with Gasteiger partial charge in [-0.2, -0.15) is 0 Å². The quantitative estimate of drug-likeness (QED) is 0.601. The van der Waals surface area contributed by atoms with Crippen LogP contribution in [0.1, 0.15) is 25.6 Å². The fourth-order valence-electron chi connectivity index (χ4n) is 1.74. The maximum atomic E-state index is 11.3. The molecule has 2 aromatic rings. The Morgan fingerprint density at radius 2 is 2.29 bits per heavy atom. The molecule has 1 aromatic carbocycles. The molecule has 0 fully saturated rings. The van der Waals surface area contributed by atoms with Crippen LogP contribution >= 0.6 is 11.3 Å². The molecular weight excluding hydrogens is 238 g/mol. The molecule has 1 aliphatic rings. The van der Waals surface area contributed by atoms with Crippen molar-refractivity contribution in [2.45, 2.75) is 6.61 Å². The first kappa shape index (κ1) is 10.2. The van der Waals surface area contributed by atoms with Gasteiger partial charge in [0.25, 0.3) is 0 Å². The molecule has 0 bridgehead atoms. The molecule has 1 aromatic heterocycles. The third kappa shape index (κ3) is 1.64. The van der Waals surface area contributed by atoms with Crippen LogP contribution in [0.2, 0.25) is 0 Å². The number of hydrogen-bond donors (Lipinski definition) is 0. The van der Waals surface area contributed by atoms with E-state index >= 15 is 0 Å². The van der Waals surface area contributed by atoms with Crippen molar-refractivity contribution in [1.82, 2.24) is 4.98 Å². The second kappa shape index (κ2) is 3.78. The molecule has 5 heteroatoms. The van der Waals surface area contributed by atoms with Gasteiger partial charge in [-0.05, 0) is 12.1 Å². The van der Waals surface area contributed by atoms with Crippen LogP contribution in [-0.4, -0.2) is 17.2 Å². The average molecular weight is 245 g/mol. The molecule has 2 heterocycles. The smallest absolute Gasteiger partial charge is 0.338 e. The second-order valence-electron chi connectivity index (χ2n) is 3.63. The summed E-state index contributed by atoms with van der Waals surface area (Å²) in [6.07, 6.45) is 2.32. The van der Waals surface area contributed by atoms with Crippen molar-refractivity contribution in [3.05, 3.63) is 40.4 Å². The Bertz CT molecular complexity index is 618. The largest absolute Gasteiger partial charge is 0.457 e. The molecule has 84 valence electrons. The number of fused-ring (bicyclic) bond motifs is 1. The van der Waals surface area contributed by atoms with E-state index in [0.29, 0.717) is 17.0 Å². The molecule has 0 aliphatic carbocycles. The number of carbonyl (C=O) groups is 2. The standard InChI is InChI=1S/C12H7NO3S/c14-5-9-4-13-11(17-9)7-1-2-10-8(3-7)6-16-12(10)15/h1-5H,6H2. The van der Waals surface area contributed by atoms with E-state index in [-0.39, 0.29) is 5.97 Å². The second-order valence-corrected chi connectivity index (χ2v) is 4.70. The summed E-state index contributed by atoms with van der Waals surface area (Å²) in [6, 6.07) is 5.44. The van der Waals surface area contributed by atoms with E-state index < -0.39 is 0 Å². The van der Waals surface area contributed by atoms with Gasteiger partial charge in [-0.1, -0.05) is 6.07 Å². The molecule has 0 saturated heterocycles. The van der Waals surface area contributed by atoms with Crippen LogP contribution in [0.4, 0.5) is 0 Å². The normalized spacial score (nSPS) is 13.3. The molecule has 1 aliphatic heterocycles. The summed E-state index contributed by atoms with van der Waals surface area (Å²) in [5, 5.41) is 0.772. The van der Waals surface area contributed by atoms with Gasteiger partial charge in [0.15, 0.2) is 6.29 Å². The third-order valence-corrected chi connectivity index (χ3v) is 3.54. The summed E-state index contributed by atoms with van der Waals surface area (Å²) in [5.74, 6) is -0.278. The Balaban J connectivity index is 2.05. The predicted molar refractivity (Wildman–Crippen MR) is 62.1 cm³/mol. The van der Waals surface area contributed by atoms with Crippen LogP contribution < -0.4 is 0 Å². The average Bonchev–Trinajstić information content (AvgIpc) is 2.96. The Labute approximate surface area is 101 Å². The van der Waals surface area contributed by atoms with Crippen molar-refractivity contribution in [2.75, 3.05) is 0 Å². The molecular formula is C12H7NO3S. The molecule has 4 nitrogen and oxygen atoms in total. The molecule has 0 spiro atoms. The van der Waals surface area contributed by atoms with Gasteiger partial charge in [-0.15, -0.1) is 11.3 Å². The fraction of sp³-hybridized carbons (Fsp3) is 0.0833. The first-order chi connectivity index (χ1) is 8.28. The number of ether oxygens (including phenoxy) is 1. The van der Waals surface area contributed by atoms with Gasteiger partial charge < -0.3 is 4.74 Å². The van der Waals surface area contributed by atoms with E-state index in [1.807, 2.05) is 12.1 Å². The highest BCUT2D eigenvalue weighted by Crippen LogP contribution is 2.29. The van der Waals surface area contributed by atoms with Crippen molar-refractivity contribution >= 4 is 23.6 Å². The van der Waals surface area contributed by atoms with Gasteiger partial charge in [0.1, 0.15) is 11.6 Å².